The van der Waals surface area contributed by atoms with Gasteiger partial charge in [0.2, 0.25) is 4.77 Å². The largest absolute Gasteiger partial charge is 0.278 e. The molecule has 2 heterocycles. The van der Waals surface area contributed by atoms with Gasteiger partial charge in [0.1, 0.15) is 0 Å². The lowest BCUT2D eigenvalue weighted by Gasteiger charge is -2.24. The summed E-state index contributed by atoms with van der Waals surface area (Å²) in [6.07, 6.45) is 2.40. The number of likely N-dealkylation sites (tertiary alicyclic amines) is 1. The molecule has 1 aromatic heterocycles. The van der Waals surface area contributed by atoms with Gasteiger partial charge in [-0.15, -0.1) is 0 Å². The van der Waals surface area contributed by atoms with E-state index in [1.165, 1.54) is 24.0 Å². The number of H-pyrrole nitrogens is 1. The van der Waals surface area contributed by atoms with Gasteiger partial charge in [0, 0.05) is 18.2 Å². The Hall–Kier alpha value is -2.24. The Morgan fingerprint density at radius 2 is 1.88 bits per heavy atom. The SMILES string of the molecule is Cc1ccc(-c2nc(=S)n(CN3CCCC3c3ccccc3)[nH]2)cc1. The van der Waals surface area contributed by atoms with Crippen LogP contribution in [0.2, 0.25) is 0 Å². The van der Waals surface area contributed by atoms with Gasteiger partial charge in [0.15, 0.2) is 5.82 Å². The fourth-order valence-electron chi connectivity index (χ4n) is 3.52. The molecule has 0 saturated carbocycles. The number of rotatable bonds is 4. The zero-order valence-corrected chi connectivity index (χ0v) is 15.2. The number of aromatic amines is 1. The summed E-state index contributed by atoms with van der Waals surface area (Å²) in [5.74, 6) is 0.834. The molecule has 1 N–H and O–H groups in total. The quantitative estimate of drug-likeness (QED) is 0.692. The lowest BCUT2D eigenvalue weighted by Crippen LogP contribution is -2.26. The highest BCUT2D eigenvalue weighted by molar-refractivity contribution is 7.71. The van der Waals surface area contributed by atoms with Gasteiger partial charge in [-0.25, -0.2) is 4.68 Å². The molecule has 1 atom stereocenters. The highest BCUT2D eigenvalue weighted by Crippen LogP contribution is 2.32. The third kappa shape index (κ3) is 3.43. The van der Waals surface area contributed by atoms with Gasteiger partial charge in [0.25, 0.3) is 0 Å². The Bertz CT molecular complexity index is 895. The summed E-state index contributed by atoms with van der Waals surface area (Å²) >= 11 is 5.48. The summed E-state index contributed by atoms with van der Waals surface area (Å²) in [5.41, 5.74) is 3.69. The number of nitrogens with zero attached hydrogens (tertiary/aromatic N) is 3. The van der Waals surface area contributed by atoms with Crippen LogP contribution in [0.5, 0.6) is 0 Å². The van der Waals surface area contributed by atoms with Crippen LogP contribution in [0.1, 0.15) is 30.0 Å². The predicted octanol–water partition coefficient (Wildman–Crippen LogP) is 4.71. The molecule has 2 aromatic carbocycles. The molecule has 4 rings (SSSR count). The Morgan fingerprint density at radius 3 is 2.64 bits per heavy atom. The summed E-state index contributed by atoms with van der Waals surface area (Å²) in [7, 11) is 0. The Labute approximate surface area is 153 Å². The first-order valence-corrected chi connectivity index (χ1v) is 9.14. The first-order chi connectivity index (χ1) is 12.2. The number of aromatic nitrogens is 3. The molecule has 5 heteroatoms. The van der Waals surface area contributed by atoms with Crippen molar-refractivity contribution in [3.05, 3.63) is 70.5 Å². The Kier molecular flexibility index (Phi) is 4.51. The van der Waals surface area contributed by atoms with E-state index in [4.69, 9.17) is 12.2 Å². The molecule has 0 radical (unpaired) electrons. The summed E-state index contributed by atoms with van der Waals surface area (Å²) in [6, 6.07) is 19.5. The van der Waals surface area contributed by atoms with Crippen LogP contribution in [0.4, 0.5) is 0 Å². The average molecular weight is 350 g/mol. The summed E-state index contributed by atoms with van der Waals surface area (Å²) in [4.78, 5) is 7.02. The van der Waals surface area contributed by atoms with E-state index < -0.39 is 0 Å². The van der Waals surface area contributed by atoms with Gasteiger partial charge in [-0.2, -0.15) is 4.98 Å². The van der Waals surface area contributed by atoms with Crippen molar-refractivity contribution in [3.8, 4) is 11.4 Å². The van der Waals surface area contributed by atoms with Crippen molar-refractivity contribution in [1.29, 1.82) is 0 Å². The van der Waals surface area contributed by atoms with Crippen molar-refractivity contribution in [2.45, 2.75) is 32.5 Å². The minimum Gasteiger partial charge on any atom is -0.278 e. The zero-order chi connectivity index (χ0) is 17.2. The molecule has 25 heavy (non-hydrogen) atoms. The number of hydrogen-bond donors (Lipinski definition) is 1. The lowest BCUT2D eigenvalue weighted by atomic mass is 10.1. The maximum atomic E-state index is 5.48. The van der Waals surface area contributed by atoms with Gasteiger partial charge < -0.3 is 0 Å². The summed E-state index contributed by atoms with van der Waals surface area (Å²) < 4.78 is 2.58. The van der Waals surface area contributed by atoms with E-state index in [9.17, 15) is 0 Å². The molecule has 0 amide bonds. The summed E-state index contributed by atoms with van der Waals surface area (Å²) in [5, 5.41) is 3.38. The number of aryl methyl sites for hydroxylation is 1. The molecule has 128 valence electrons. The van der Waals surface area contributed by atoms with Crippen LogP contribution in [0.3, 0.4) is 0 Å². The molecule has 1 unspecified atom stereocenters. The molecule has 1 saturated heterocycles. The standard InChI is InChI=1S/C20H22N4S/c1-15-9-11-17(12-10-15)19-21-20(25)24(22-19)14-23-13-5-8-18(23)16-6-3-2-4-7-16/h2-4,6-7,9-12,18H,5,8,13-14H2,1H3,(H,21,22,25). The molecule has 0 aliphatic carbocycles. The number of hydrogen-bond acceptors (Lipinski definition) is 3. The second-order valence-electron chi connectivity index (χ2n) is 6.67. The van der Waals surface area contributed by atoms with E-state index >= 15 is 0 Å². The highest BCUT2D eigenvalue weighted by Gasteiger charge is 2.26. The minimum atomic E-state index is 0.453. The van der Waals surface area contributed by atoms with Crippen LogP contribution >= 0.6 is 12.2 Å². The van der Waals surface area contributed by atoms with E-state index in [-0.39, 0.29) is 0 Å². The van der Waals surface area contributed by atoms with Crippen molar-refractivity contribution >= 4 is 12.2 Å². The monoisotopic (exact) mass is 350 g/mol. The van der Waals surface area contributed by atoms with E-state index in [0.29, 0.717) is 10.8 Å². The van der Waals surface area contributed by atoms with Gasteiger partial charge in [0.05, 0.1) is 6.67 Å². The van der Waals surface area contributed by atoms with Crippen LogP contribution in [-0.2, 0) is 6.67 Å². The Morgan fingerprint density at radius 1 is 1.12 bits per heavy atom. The first kappa shape index (κ1) is 16.2. The van der Waals surface area contributed by atoms with E-state index in [1.54, 1.807) is 0 Å². The third-order valence-corrected chi connectivity index (χ3v) is 5.19. The van der Waals surface area contributed by atoms with Crippen LogP contribution in [0.15, 0.2) is 54.6 Å². The molecule has 4 nitrogen and oxygen atoms in total. The van der Waals surface area contributed by atoms with Crippen molar-refractivity contribution in [2.75, 3.05) is 6.54 Å². The zero-order valence-electron chi connectivity index (χ0n) is 14.4. The van der Waals surface area contributed by atoms with Crippen LogP contribution in [0.25, 0.3) is 11.4 Å². The minimum absolute atomic E-state index is 0.453. The first-order valence-electron chi connectivity index (χ1n) is 8.73. The van der Waals surface area contributed by atoms with Gasteiger partial charge in [-0.05, 0) is 37.5 Å². The highest BCUT2D eigenvalue weighted by atomic mass is 32.1. The molecule has 1 aliphatic rings. The predicted molar refractivity (Wildman–Crippen MR) is 103 cm³/mol. The molecule has 1 aliphatic heterocycles. The fraction of sp³-hybridized carbons (Fsp3) is 0.300. The second kappa shape index (κ2) is 6.94. The van der Waals surface area contributed by atoms with E-state index in [2.05, 4.69) is 76.5 Å². The molecular weight excluding hydrogens is 328 g/mol. The van der Waals surface area contributed by atoms with Crippen LogP contribution in [-0.4, -0.2) is 26.2 Å². The molecular formula is C20H22N4S. The van der Waals surface area contributed by atoms with E-state index in [0.717, 1.165) is 24.6 Å². The number of benzene rings is 2. The van der Waals surface area contributed by atoms with Crippen molar-refractivity contribution < 1.29 is 0 Å². The van der Waals surface area contributed by atoms with Gasteiger partial charge in [-0.3, -0.25) is 10.00 Å². The summed E-state index contributed by atoms with van der Waals surface area (Å²) in [6.45, 7) is 3.92. The lowest BCUT2D eigenvalue weighted by molar-refractivity contribution is 0.190. The second-order valence-corrected chi connectivity index (χ2v) is 7.04. The average Bonchev–Trinajstić information content (AvgIpc) is 3.24. The third-order valence-electron chi connectivity index (χ3n) is 4.88. The van der Waals surface area contributed by atoms with Crippen molar-refractivity contribution in [2.24, 2.45) is 0 Å². The van der Waals surface area contributed by atoms with Gasteiger partial charge >= 0.3 is 0 Å². The maximum absolute atomic E-state index is 5.48. The van der Waals surface area contributed by atoms with E-state index in [1.807, 2.05) is 4.68 Å². The molecule has 1 fully saturated rings. The normalized spacial score (nSPS) is 17.9. The fourth-order valence-corrected chi connectivity index (χ4v) is 3.72. The van der Waals surface area contributed by atoms with Crippen LogP contribution in [0, 0.1) is 11.7 Å². The molecule has 3 aromatic rings. The van der Waals surface area contributed by atoms with Gasteiger partial charge in [-0.1, -0.05) is 60.2 Å². The maximum Gasteiger partial charge on any atom is 0.217 e. The Balaban J connectivity index is 1.56. The van der Waals surface area contributed by atoms with Crippen molar-refractivity contribution in [3.63, 3.8) is 0 Å². The molecule has 0 bridgehead atoms. The van der Waals surface area contributed by atoms with Crippen LogP contribution < -0.4 is 0 Å². The number of nitrogens with one attached hydrogen (secondary N) is 1. The molecule has 0 spiro atoms. The topological polar surface area (TPSA) is 36.9 Å². The van der Waals surface area contributed by atoms with Crippen molar-refractivity contribution in [1.82, 2.24) is 19.7 Å². The smallest absolute Gasteiger partial charge is 0.217 e.